The number of imide groups is 1. The summed E-state index contributed by atoms with van der Waals surface area (Å²) in [6.45, 7) is 24.5. The van der Waals surface area contributed by atoms with E-state index in [2.05, 4.69) is 44.2 Å². The first kappa shape index (κ1) is 56.1. The molecule has 3 aromatic rings. The Kier molecular flexibility index (Phi) is 25.6. The van der Waals surface area contributed by atoms with Crippen LogP contribution in [0.1, 0.15) is 133 Å². The van der Waals surface area contributed by atoms with Gasteiger partial charge in [0.05, 0.1) is 28.5 Å². The monoisotopic (exact) mass is 850 g/mol. The molecule has 61 heavy (non-hydrogen) atoms. The minimum absolute atomic E-state index is 0.0984. The Bertz CT molecular complexity index is 1700. The Morgan fingerprint density at radius 1 is 0.656 bits per heavy atom. The van der Waals surface area contributed by atoms with E-state index in [9.17, 15) is 24.0 Å². The molecule has 1 aliphatic rings. The van der Waals surface area contributed by atoms with E-state index in [4.69, 9.17) is 24.8 Å². The van der Waals surface area contributed by atoms with Crippen molar-refractivity contribution in [1.29, 1.82) is 0 Å². The lowest BCUT2D eigenvalue weighted by molar-refractivity contribution is -0.158. The van der Waals surface area contributed by atoms with Gasteiger partial charge in [0, 0.05) is 11.8 Å². The molecule has 0 bridgehead atoms. The number of anilines is 1. The summed E-state index contributed by atoms with van der Waals surface area (Å²) < 4.78 is 10.0. The zero-order chi connectivity index (χ0) is 47.0. The lowest BCUT2D eigenvalue weighted by atomic mass is 9.91. The molecular weight excluding hydrogens is 775 g/mol. The largest absolute Gasteiger partial charge is 0.481 e. The Labute approximate surface area is 365 Å². The van der Waals surface area contributed by atoms with Crippen molar-refractivity contribution in [2.45, 2.75) is 134 Å². The number of carbonyl (C=O) groups is 5. The highest BCUT2D eigenvalue weighted by Crippen LogP contribution is 2.30. The molecule has 3 aromatic carbocycles. The number of nitrogens with zero attached hydrogens (tertiary/aromatic N) is 1. The molecule has 1 saturated heterocycles. The van der Waals surface area contributed by atoms with Crippen molar-refractivity contribution in [1.82, 2.24) is 0 Å². The van der Waals surface area contributed by atoms with E-state index >= 15 is 0 Å². The number of hydrogen-bond acceptors (Lipinski definition) is 9. The number of amides is 2. The highest BCUT2D eigenvalue weighted by atomic mass is 16.5. The van der Waals surface area contributed by atoms with Gasteiger partial charge in [-0.05, 0) is 96.4 Å². The molecule has 0 radical (unpaired) electrons. The van der Waals surface area contributed by atoms with Crippen LogP contribution in [0.4, 0.5) is 5.69 Å². The number of aliphatic hydroxyl groups is 2. The van der Waals surface area contributed by atoms with Gasteiger partial charge in [-0.3, -0.25) is 28.9 Å². The summed E-state index contributed by atoms with van der Waals surface area (Å²) in [6, 6.07) is 29.4. The summed E-state index contributed by atoms with van der Waals surface area (Å²) in [5.41, 5.74) is 1.70. The predicted octanol–water partition coefficient (Wildman–Crippen LogP) is 10.0. The first-order valence-corrected chi connectivity index (χ1v) is 21.4. The fourth-order valence-electron chi connectivity index (χ4n) is 4.57. The Morgan fingerprint density at radius 3 is 1.41 bits per heavy atom. The molecule has 4 unspecified atom stereocenters. The van der Waals surface area contributed by atoms with Gasteiger partial charge >= 0.3 is 17.9 Å². The number of ether oxygens (including phenoxy) is 2. The quantitative estimate of drug-likeness (QED) is 0.105. The zero-order valence-corrected chi connectivity index (χ0v) is 39.1. The van der Waals surface area contributed by atoms with Gasteiger partial charge in [-0.15, -0.1) is 0 Å². The normalized spacial score (nSPS) is 15.8. The predicted molar refractivity (Wildman–Crippen MR) is 243 cm³/mol. The number of esters is 2. The van der Waals surface area contributed by atoms with E-state index in [0.29, 0.717) is 31.1 Å². The fraction of sp³-hybridized carbons (Fsp3) is 0.540. The van der Waals surface area contributed by atoms with Crippen molar-refractivity contribution in [2.75, 3.05) is 18.1 Å². The van der Waals surface area contributed by atoms with Crippen molar-refractivity contribution < 1.29 is 48.8 Å². The lowest BCUT2D eigenvalue weighted by Crippen LogP contribution is -2.30. The summed E-state index contributed by atoms with van der Waals surface area (Å²) in [4.78, 5) is 58.2. The van der Waals surface area contributed by atoms with Gasteiger partial charge in [0.1, 0.15) is 19.3 Å². The van der Waals surface area contributed by atoms with Crippen LogP contribution in [-0.2, 0) is 40.1 Å². The topological polar surface area (TPSA) is 168 Å². The zero-order valence-electron chi connectivity index (χ0n) is 39.1. The average Bonchev–Trinajstić information content (AvgIpc) is 3.46. The highest BCUT2D eigenvalue weighted by molar-refractivity contribution is 6.21. The van der Waals surface area contributed by atoms with Gasteiger partial charge in [-0.25, -0.2) is 0 Å². The number of carboxylic acids is 1. The highest BCUT2D eigenvalue weighted by Gasteiger charge is 2.42. The first-order chi connectivity index (χ1) is 28.5. The maximum atomic E-state index is 11.8. The van der Waals surface area contributed by atoms with Crippen LogP contribution in [0.15, 0.2) is 91.0 Å². The Morgan fingerprint density at radius 2 is 1.05 bits per heavy atom. The van der Waals surface area contributed by atoms with E-state index < -0.39 is 22.9 Å². The van der Waals surface area contributed by atoms with Crippen molar-refractivity contribution in [3.8, 4) is 0 Å². The van der Waals surface area contributed by atoms with E-state index in [0.717, 1.165) is 12.0 Å². The van der Waals surface area contributed by atoms with Crippen molar-refractivity contribution in [2.24, 2.45) is 28.1 Å². The molecule has 1 fully saturated rings. The molecule has 11 nitrogen and oxygen atoms in total. The summed E-state index contributed by atoms with van der Waals surface area (Å²) in [6.07, 6.45) is 2.41. The maximum absolute atomic E-state index is 11.8. The number of carboxylic acid groups (broad SMARTS) is 1. The molecule has 1 heterocycles. The number of aliphatic carboxylic acids is 1. The second kappa shape index (κ2) is 27.9. The van der Waals surface area contributed by atoms with Crippen LogP contribution in [0.5, 0.6) is 0 Å². The third-order valence-electron chi connectivity index (χ3n) is 11.1. The molecule has 1 aliphatic heterocycles. The van der Waals surface area contributed by atoms with Gasteiger partial charge in [0.25, 0.3) is 0 Å². The van der Waals surface area contributed by atoms with Crippen LogP contribution in [-0.4, -0.2) is 64.4 Å². The number of carbonyl (C=O) groups excluding carboxylic acids is 4. The molecule has 2 amide bonds. The van der Waals surface area contributed by atoms with Crippen LogP contribution in [0.3, 0.4) is 0 Å². The van der Waals surface area contributed by atoms with E-state index in [1.807, 2.05) is 83.1 Å². The summed E-state index contributed by atoms with van der Waals surface area (Å²) in [7, 11) is 0. The van der Waals surface area contributed by atoms with E-state index in [1.165, 1.54) is 16.9 Å². The fourth-order valence-corrected chi connectivity index (χ4v) is 4.57. The molecule has 4 rings (SSSR count). The van der Waals surface area contributed by atoms with E-state index in [1.54, 1.807) is 53.7 Å². The van der Waals surface area contributed by atoms with Crippen LogP contribution < -0.4 is 4.90 Å². The third kappa shape index (κ3) is 20.0. The maximum Gasteiger partial charge on any atom is 0.311 e. The lowest BCUT2D eigenvalue weighted by Gasteiger charge is -2.21. The Hall–Kier alpha value is -4.87. The number of benzene rings is 3. The molecule has 0 saturated carbocycles. The van der Waals surface area contributed by atoms with Crippen molar-refractivity contribution >= 4 is 35.4 Å². The average molecular weight is 850 g/mol. The van der Waals surface area contributed by atoms with Gasteiger partial charge in [-0.2, -0.15) is 0 Å². The molecule has 4 atom stereocenters. The number of para-hydroxylation sites is 1. The number of aliphatic hydroxyl groups excluding tert-OH is 2. The smallest absolute Gasteiger partial charge is 0.311 e. The van der Waals surface area contributed by atoms with Crippen molar-refractivity contribution in [3.05, 3.63) is 102 Å². The minimum atomic E-state index is -0.975. The summed E-state index contributed by atoms with van der Waals surface area (Å²) >= 11 is 0. The van der Waals surface area contributed by atoms with Crippen LogP contribution in [0, 0.1) is 28.1 Å². The van der Waals surface area contributed by atoms with Gasteiger partial charge < -0.3 is 24.8 Å². The van der Waals surface area contributed by atoms with Crippen molar-refractivity contribution in [3.63, 3.8) is 0 Å². The molecular formula is C50H75NO10. The van der Waals surface area contributed by atoms with Gasteiger partial charge in [0.2, 0.25) is 11.8 Å². The number of rotatable bonds is 14. The summed E-state index contributed by atoms with van der Waals surface area (Å²) in [5.74, 6) is -1.11. The molecule has 3 N–H and O–H groups in total. The van der Waals surface area contributed by atoms with Crippen LogP contribution in [0.25, 0.3) is 0 Å². The summed E-state index contributed by atoms with van der Waals surface area (Å²) in [5, 5.41) is 25.8. The second-order valence-electron chi connectivity index (χ2n) is 17.2. The number of hydrogen-bond donors (Lipinski definition) is 3. The Balaban J connectivity index is 0.000000751. The molecule has 0 spiro atoms. The van der Waals surface area contributed by atoms with Gasteiger partial charge in [0.15, 0.2) is 0 Å². The SMILES string of the molecule is CC1C(=O)N(c2ccccc2)C(=O)C1C.CCC(C)(C)C(=O)O.CCC(C)(C)C(=O)OCC(O)CO.CCC(C)(C)C(=O)OCc1ccccc1.CCC(C)c1ccccc1. The first-order valence-electron chi connectivity index (χ1n) is 21.4. The molecule has 340 valence electrons. The molecule has 0 aromatic heterocycles. The van der Waals surface area contributed by atoms with Gasteiger partial charge in [-0.1, -0.05) is 127 Å². The van der Waals surface area contributed by atoms with Crippen LogP contribution >= 0.6 is 0 Å². The molecule has 0 aliphatic carbocycles. The molecule has 11 heteroatoms. The second-order valence-corrected chi connectivity index (χ2v) is 17.2. The minimum Gasteiger partial charge on any atom is -0.481 e. The van der Waals surface area contributed by atoms with E-state index in [-0.39, 0.29) is 54.2 Å². The standard InChI is InChI=1S/C13H18O2.C12H13NO2.C10H14.C9H18O4.C6H12O2/c1-4-13(2,3)12(14)15-10-11-8-6-5-7-9-11;1-8-9(2)12(15)13(11(8)14)10-6-4-3-5-7-10;1-3-9(2)10-7-5-4-6-8-10;1-4-9(2,3)8(12)13-6-7(11)5-10;1-4-6(2,3)5(7)8/h5-9H,4,10H2,1-3H3;3-9H,1-2H3;4-9H,3H2,1-2H3;7,10-11H,4-6H2,1-3H3;4H2,1-3H3,(H,7,8). The van der Waals surface area contributed by atoms with Crippen LogP contribution in [0.2, 0.25) is 0 Å². The third-order valence-corrected chi connectivity index (χ3v) is 11.1.